The summed E-state index contributed by atoms with van der Waals surface area (Å²) in [6, 6.07) is 2.14. The van der Waals surface area contributed by atoms with Crippen LogP contribution in [0.5, 0.6) is 0 Å². The monoisotopic (exact) mass is 331 g/mol. The van der Waals surface area contributed by atoms with Crippen LogP contribution in [0.2, 0.25) is 0 Å². The number of carbonyl (C=O) groups excluding carboxylic acids is 1. The molecule has 2 aliphatic rings. The zero-order chi connectivity index (χ0) is 16.4. The molecule has 1 atom stereocenters. The molecule has 1 N–H and O–H groups in total. The lowest BCUT2D eigenvalue weighted by molar-refractivity contribution is -0.113. The molecule has 122 valence electrons. The van der Waals surface area contributed by atoms with Crippen LogP contribution in [0.3, 0.4) is 0 Å². The normalized spacial score (nSPS) is 21.7. The molecular formula is C18H22ClN3O. The largest absolute Gasteiger partial charge is 0.371 e. The molecule has 0 saturated heterocycles. The highest BCUT2D eigenvalue weighted by Gasteiger charge is 2.41. The van der Waals surface area contributed by atoms with Crippen LogP contribution in [0.4, 0.5) is 5.69 Å². The number of rotatable bonds is 6. The van der Waals surface area contributed by atoms with Crippen LogP contribution >= 0.6 is 11.6 Å². The van der Waals surface area contributed by atoms with Gasteiger partial charge in [0.15, 0.2) is 0 Å². The van der Waals surface area contributed by atoms with Crippen LogP contribution in [0.25, 0.3) is 5.57 Å². The first kappa shape index (κ1) is 16.2. The van der Waals surface area contributed by atoms with Crippen LogP contribution in [-0.2, 0) is 4.79 Å². The number of aromatic nitrogens is 1. The molecule has 0 spiro atoms. The Morgan fingerprint density at radius 1 is 1.48 bits per heavy atom. The van der Waals surface area contributed by atoms with Crippen molar-refractivity contribution in [3.8, 4) is 0 Å². The third-order valence-corrected chi connectivity index (χ3v) is 5.11. The van der Waals surface area contributed by atoms with Gasteiger partial charge >= 0.3 is 0 Å². The Labute approximate surface area is 142 Å². The Morgan fingerprint density at radius 2 is 2.26 bits per heavy atom. The molecule has 0 radical (unpaired) electrons. The molecule has 1 heterocycles. The van der Waals surface area contributed by atoms with Gasteiger partial charge in [0.25, 0.3) is 0 Å². The van der Waals surface area contributed by atoms with E-state index in [1.165, 1.54) is 12.8 Å². The van der Waals surface area contributed by atoms with Crippen molar-refractivity contribution in [3.05, 3.63) is 42.3 Å². The number of hydrogen-bond acceptors (Lipinski definition) is 4. The maximum atomic E-state index is 11.4. The van der Waals surface area contributed by atoms with Gasteiger partial charge in [0.1, 0.15) is 0 Å². The fraction of sp³-hybridized carbons (Fsp3) is 0.444. The first-order valence-corrected chi connectivity index (χ1v) is 8.33. The Morgan fingerprint density at radius 3 is 2.91 bits per heavy atom. The minimum absolute atomic E-state index is 0.239. The fourth-order valence-corrected chi connectivity index (χ4v) is 3.19. The predicted molar refractivity (Wildman–Crippen MR) is 94.6 cm³/mol. The van der Waals surface area contributed by atoms with E-state index in [-0.39, 0.29) is 16.7 Å². The third-order valence-electron chi connectivity index (χ3n) is 4.83. The second-order valence-electron chi connectivity index (χ2n) is 6.51. The van der Waals surface area contributed by atoms with E-state index in [2.05, 4.69) is 28.3 Å². The minimum Gasteiger partial charge on any atom is -0.371 e. The van der Waals surface area contributed by atoms with E-state index in [1.54, 1.807) is 0 Å². The van der Waals surface area contributed by atoms with Crippen LogP contribution in [0.1, 0.15) is 24.8 Å². The van der Waals surface area contributed by atoms with Gasteiger partial charge in [0, 0.05) is 25.3 Å². The van der Waals surface area contributed by atoms with Gasteiger partial charge in [0.2, 0.25) is 5.24 Å². The number of nitrogens with zero attached hydrogens (tertiary/aromatic N) is 2. The second-order valence-corrected chi connectivity index (χ2v) is 6.88. The van der Waals surface area contributed by atoms with Gasteiger partial charge in [-0.15, -0.1) is 0 Å². The molecule has 2 aliphatic carbocycles. The quantitative estimate of drug-likeness (QED) is 0.814. The van der Waals surface area contributed by atoms with Crippen molar-refractivity contribution in [2.45, 2.75) is 24.8 Å². The first-order chi connectivity index (χ1) is 11.0. The van der Waals surface area contributed by atoms with Crippen LogP contribution in [0.15, 0.2) is 36.7 Å². The Balaban J connectivity index is 1.76. The van der Waals surface area contributed by atoms with Gasteiger partial charge in [-0.05, 0) is 55.1 Å². The minimum atomic E-state index is -0.308. The van der Waals surface area contributed by atoms with Gasteiger partial charge in [-0.2, -0.15) is 0 Å². The van der Waals surface area contributed by atoms with Crippen LogP contribution < -0.4 is 10.2 Å². The molecule has 1 saturated carbocycles. The molecule has 1 aromatic rings. The van der Waals surface area contributed by atoms with E-state index in [0.717, 1.165) is 23.4 Å². The highest BCUT2D eigenvalue weighted by Crippen LogP contribution is 2.36. The third kappa shape index (κ3) is 3.65. The molecule has 0 aromatic carbocycles. The van der Waals surface area contributed by atoms with Gasteiger partial charge in [-0.1, -0.05) is 18.2 Å². The van der Waals surface area contributed by atoms with E-state index in [9.17, 15) is 4.79 Å². The molecule has 1 unspecified atom stereocenters. The van der Waals surface area contributed by atoms with E-state index in [0.29, 0.717) is 6.42 Å². The second kappa shape index (κ2) is 6.46. The fourth-order valence-electron chi connectivity index (χ4n) is 3.04. The van der Waals surface area contributed by atoms with Crippen molar-refractivity contribution >= 4 is 28.1 Å². The van der Waals surface area contributed by atoms with E-state index in [1.807, 2.05) is 37.7 Å². The lowest BCUT2D eigenvalue weighted by Crippen LogP contribution is -2.39. The molecule has 0 bridgehead atoms. The van der Waals surface area contributed by atoms with Crippen LogP contribution in [-0.4, -0.2) is 36.4 Å². The summed E-state index contributed by atoms with van der Waals surface area (Å²) in [6.45, 7) is 0.969. The topological polar surface area (TPSA) is 45.2 Å². The number of hydrogen-bond donors (Lipinski definition) is 1. The Bertz CT molecular complexity index is 664. The van der Waals surface area contributed by atoms with Crippen molar-refractivity contribution in [2.24, 2.45) is 5.92 Å². The molecule has 23 heavy (non-hydrogen) atoms. The van der Waals surface area contributed by atoms with Crippen LogP contribution in [0, 0.1) is 5.92 Å². The van der Waals surface area contributed by atoms with E-state index >= 15 is 0 Å². The zero-order valence-corrected chi connectivity index (χ0v) is 14.3. The summed E-state index contributed by atoms with van der Waals surface area (Å²) >= 11 is 5.64. The molecule has 0 amide bonds. The van der Waals surface area contributed by atoms with E-state index in [4.69, 9.17) is 11.6 Å². The summed E-state index contributed by atoms with van der Waals surface area (Å²) in [5, 5.41) is 3.11. The molecule has 1 fully saturated rings. The molecular weight excluding hydrogens is 310 g/mol. The molecule has 3 rings (SSSR count). The highest BCUT2D eigenvalue weighted by atomic mass is 35.5. The van der Waals surface area contributed by atoms with Crippen molar-refractivity contribution in [2.75, 3.05) is 25.5 Å². The number of nitrogens with one attached hydrogen (secondary N) is 1. The SMILES string of the molecule is CNC1(CN(C)c2cncc(C3=CC=CC(C(=O)Cl)C3)c2)CC1. The summed E-state index contributed by atoms with van der Waals surface area (Å²) in [4.78, 5) is 18.0. The maximum Gasteiger partial charge on any atom is 0.228 e. The molecule has 0 aliphatic heterocycles. The smallest absolute Gasteiger partial charge is 0.228 e. The van der Waals surface area contributed by atoms with Gasteiger partial charge in [0.05, 0.1) is 17.8 Å². The van der Waals surface area contributed by atoms with Crippen molar-refractivity contribution in [1.29, 1.82) is 0 Å². The van der Waals surface area contributed by atoms with Gasteiger partial charge in [-0.25, -0.2) is 0 Å². The predicted octanol–water partition coefficient (Wildman–Crippen LogP) is 2.99. The molecule has 1 aromatic heterocycles. The lowest BCUT2D eigenvalue weighted by atomic mass is 9.91. The molecule has 5 heteroatoms. The summed E-state index contributed by atoms with van der Waals surface area (Å²) < 4.78 is 0. The summed E-state index contributed by atoms with van der Waals surface area (Å²) in [6.07, 6.45) is 12.6. The summed E-state index contributed by atoms with van der Waals surface area (Å²) in [5.41, 5.74) is 3.50. The number of anilines is 1. The van der Waals surface area contributed by atoms with E-state index < -0.39 is 0 Å². The highest BCUT2D eigenvalue weighted by molar-refractivity contribution is 6.64. The molecule has 4 nitrogen and oxygen atoms in total. The number of carbonyl (C=O) groups is 1. The lowest BCUT2D eigenvalue weighted by Gasteiger charge is -2.26. The van der Waals surface area contributed by atoms with Crippen molar-refractivity contribution in [3.63, 3.8) is 0 Å². The number of allylic oxidation sites excluding steroid dienone is 4. The maximum absolute atomic E-state index is 11.4. The number of halogens is 1. The summed E-state index contributed by atoms with van der Waals surface area (Å²) in [5.74, 6) is -0.239. The average Bonchev–Trinajstić information content (AvgIpc) is 3.35. The first-order valence-electron chi connectivity index (χ1n) is 7.95. The van der Waals surface area contributed by atoms with Gasteiger partial charge < -0.3 is 10.2 Å². The Hall–Kier alpha value is -1.65. The Kier molecular flexibility index (Phi) is 4.55. The zero-order valence-electron chi connectivity index (χ0n) is 13.6. The van der Waals surface area contributed by atoms with Crippen molar-refractivity contribution < 1.29 is 4.79 Å². The van der Waals surface area contributed by atoms with Gasteiger partial charge in [-0.3, -0.25) is 9.78 Å². The standard InChI is InChI=1S/C18H22ClN3O/c1-20-18(6-7-18)12-22(2)16-9-15(10-21-11-16)13-4-3-5-14(8-13)17(19)23/h3-5,9-11,14,20H,6-8,12H2,1-2H3. The number of pyridine rings is 1. The van der Waals surface area contributed by atoms with Crippen molar-refractivity contribution in [1.82, 2.24) is 10.3 Å². The average molecular weight is 332 g/mol. The number of likely N-dealkylation sites (N-methyl/N-ethyl adjacent to an activating group) is 2. The summed E-state index contributed by atoms with van der Waals surface area (Å²) in [7, 11) is 4.12.